The Labute approximate surface area is 73.2 Å². The first-order valence-corrected chi connectivity index (χ1v) is 4.04. The summed E-state index contributed by atoms with van der Waals surface area (Å²) in [6.45, 7) is 0. The normalized spacial score (nSPS) is 24.8. The lowest BCUT2D eigenvalue weighted by Crippen LogP contribution is -2.27. The van der Waals surface area contributed by atoms with Gasteiger partial charge < -0.3 is 0 Å². The molecule has 1 aliphatic heterocycles. The van der Waals surface area contributed by atoms with Crippen molar-refractivity contribution in [1.29, 1.82) is 0 Å². The summed E-state index contributed by atoms with van der Waals surface area (Å²) in [7, 11) is 0. The maximum atomic E-state index is 11.8. The molecule has 0 bridgehead atoms. The first kappa shape index (κ1) is 10.7. The van der Waals surface area contributed by atoms with Gasteiger partial charge in [-0.3, -0.25) is 4.99 Å². The van der Waals surface area contributed by atoms with E-state index in [0.29, 0.717) is 0 Å². The Morgan fingerprint density at radius 2 is 1.69 bits per heavy atom. The Balaban J connectivity index is 2.76. The van der Waals surface area contributed by atoms with Crippen molar-refractivity contribution in [2.75, 3.05) is 5.75 Å². The third-order valence-electron chi connectivity index (χ3n) is 1.27. The lowest BCUT2D eigenvalue weighted by Gasteiger charge is -2.09. The molecule has 0 spiro atoms. The van der Waals surface area contributed by atoms with Gasteiger partial charge in [0.1, 0.15) is 0 Å². The highest BCUT2D eigenvalue weighted by Gasteiger charge is 2.48. The summed E-state index contributed by atoms with van der Waals surface area (Å²) >= 11 is 0.0893. The van der Waals surface area contributed by atoms with E-state index < -0.39 is 29.2 Å². The maximum Gasteiger partial charge on any atom is 0.439 e. The average Bonchev–Trinajstić information content (AvgIpc) is 2.28. The van der Waals surface area contributed by atoms with Gasteiger partial charge in [-0.15, -0.1) is 0 Å². The Kier molecular flexibility index (Phi) is 2.52. The van der Waals surface area contributed by atoms with Gasteiger partial charge in [0.05, 0.1) is 0 Å². The number of thioether (sulfide) groups is 1. The van der Waals surface area contributed by atoms with Gasteiger partial charge in [-0.25, -0.2) is 0 Å². The smallest absolute Gasteiger partial charge is 0.260 e. The molecule has 0 radical (unpaired) electrons. The molecule has 0 saturated heterocycles. The van der Waals surface area contributed by atoms with E-state index in [-0.39, 0.29) is 11.8 Å². The van der Waals surface area contributed by atoms with Gasteiger partial charge in [0.25, 0.3) is 0 Å². The maximum absolute atomic E-state index is 11.8. The fourth-order valence-corrected chi connectivity index (χ4v) is 1.64. The number of alkyl halides is 6. The summed E-state index contributed by atoms with van der Waals surface area (Å²) in [5.41, 5.74) is 0. The van der Waals surface area contributed by atoms with Crippen LogP contribution in [0.15, 0.2) is 4.99 Å². The largest absolute Gasteiger partial charge is 0.439 e. The molecule has 0 aliphatic carbocycles. The van der Waals surface area contributed by atoms with E-state index in [1.54, 1.807) is 0 Å². The molecule has 1 unspecified atom stereocenters. The quantitative estimate of drug-likeness (QED) is 0.575. The highest BCUT2D eigenvalue weighted by Crippen LogP contribution is 2.36. The number of rotatable bonds is 0. The number of halogens is 6. The first-order valence-electron chi connectivity index (χ1n) is 3.06. The molecule has 13 heavy (non-hydrogen) atoms. The van der Waals surface area contributed by atoms with Gasteiger partial charge in [-0.1, -0.05) is 11.8 Å². The van der Waals surface area contributed by atoms with Gasteiger partial charge in [0, 0.05) is 5.75 Å². The van der Waals surface area contributed by atoms with Crippen LogP contribution in [-0.4, -0.2) is 29.2 Å². The number of nitrogens with zero attached hydrogens (tertiary/aromatic N) is 1. The topological polar surface area (TPSA) is 12.4 Å². The highest BCUT2D eigenvalue weighted by atomic mass is 32.2. The number of aliphatic imine (C=N–C) groups is 1. The molecule has 0 fully saturated rings. The van der Waals surface area contributed by atoms with E-state index in [1.165, 1.54) is 0 Å². The Bertz CT molecular complexity index is 228. The van der Waals surface area contributed by atoms with E-state index in [9.17, 15) is 26.3 Å². The van der Waals surface area contributed by atoms with Crippen molar-refractivity contribution < 1.29 is 26.3 Å². The zero-order chi connectivity index (χ0) is 10.3. The molecule has 0 N–H and O–H groups in total. The zero-order valence-corrected chi connectivity index (χ0v) is 6.72. The second kappa shape index (κ2) is 3.07. The first-order chi connectivity index (χ1) is 5.71. The molecule has 0 amide bonds. The molecule has 0 saturated carbocycles. The summed E-state index contributed by atoms with van der Waals surface area (Å²) in [6.07, 6.45) is -9.44. The molecule has 1 nitrogen and oxygen atoms in total. The van der Waals surface area contributed by atoms with Crippen LogP contribution in [0.4, 0.5) is 26.3 Å². The summed E-state index contributed by atoms with van der Waals surface area (Å²) in [6, 6.07) is -2.21. The van der Waals surface area contributed by atoms with Crippen LogP contribution in [0.25, 0.3) is 0 Å². The molecule has 0 aromatic rings. The van der Waals surface area contributed by atoms with Gasteiger partial charge in [-0.05, 0) is 0 Å². The zero-order valence-electron chi connectivity index (χ0n) is 5.91. The van der Waals surface area contributed by atoms with Crippen molar-refractivity contribution in [1.82, 2.24) is 0 Å². The molecule has 0 aromatic carbocycles. The number of hydrogen-bond donors (Lipinski definition) is 0. The van der Waals surface area contributed by atoms with Crippen LogP contribution in [0.5, 0.6) is 0 Å². The van der Waals surface area contributed by atoms with Crippen LogP contribution in [0.1, 0.15) is 0 Å². The second-order valence-electron chi connectivity index (χ2n) is 2.30. The number of hydrogen-bond acceptors (Lipinski definition) is 2. The van der Waals surface area contributed by atoms with Gasteiger partial charge in [0.15, 0.2) is 11.1 Å². The molecule has 1 atom stereocenters. The average molecular weight is 223 g/mol. The minimum absolute atomic E-state index is 0.0893. The molecular formula is C5H3F6NS. The van der Waals surface area contributed by atoms with Gasteiger partial charge >= 0.3 is 12.4 Å². The van der Waals surface area contributed by atoms with Crippen molar-refractivity contribution in [2.24, 2.45) is 4.99 Å². The molecular weight excluding hydrogens is 220 g/mol. The van der Waals surface area contributed by atoms with Gasteiger partial charge in [0.2, 0.25) is 0 Å². The molecule has 0 aromatic heterocycles. The molecule has 1 aliphatic rings. The van der Waals surface area contributed by atoms with E-state index in [2.05, 4.69) is 4.99 Å². The monoisotopic (exact) mass is 223 g/mol. The second-order valence-corrected chi connectivity index (χ2v) is 3.31. The van der Waals surface area contributed by atoms with Crippen molar-refractivity contribution >= 4 is 16.8 Å². The highest BCUT2D eigenvalue weighted by molar-refractivity contribution is 8.14. The molecule has 1 heterocycles. The van der Waals surface area contributed by atoms with Crippen LogP contribution in [0.2, 0.25) is 0 Å². The standard InChI is InChI=1S/C5H3F6NS/c6-4(7,8)2-1-13-3(12-2)5(9,10)11/h2H,1H2. The predicted molar refractivity (Wildman–Crippen MR) is 35.8 cm³/mol. The third-order valence-corrected chi connectivity index (χ3v) is 2.36. The lowest BCUT2D eigenvalue weighted by atomic mass is 10.3. The summed E-state index contributed by atoms with van der Waals surface area (Å²) in [5.74, 6) is -0.682. The van der Waals surface area contributed by atoms with Crippen LogP contribution < -0.4 is 0 Å². The van der Waals surface area contributed by atoms with E-state index in [0.717, 1.165) is 0 Å². The predicted octanol–water partition coefficient (Wildman–Crippen LogP) is 2.62. The van der Waals surface area contributed by atoms with Crippen LogP contribution in [0, 0.1) is 0 Å². The van der Waals surface area contributed by atoms with E-state index in [4.69, 9.17) is 0 Å². The Hall–Kier alpha value is -0.400. The lowest BCUT2D eigenvalue weighted by molar-refractivity contribution is -0.141. The summed E-state index contributed by atoms with van der Waals surface area (Å²) in [4.78, 5) is 2.56. The third kappa shape index (κ3) is 2.52. The Morgan fingerprint density at radius 3 is 1.92 bits per heavy atom. The SMILES string of the molecule is FC(F)(F)C1=NC(C(F)(F)F)CS1. The molecule has 8 heteroatoms. The van der Waals surface area contributed by atoms with Crippen molar-refractivity contribution in [3.8, 4) is 0 Å². The fourth-order valence-electron chi connectivity index (χ4n) is 0.697. The fraction of sp³-hybridized carbons (Fsp3) is 0.800. The summed E-state index contributed by atoms with van der Waals surface area (Å²) < 4.78 is 70.9. The van der Waals surface area contributed by atoms with Gasteiger partial charge in [-0.2, -0.15) is 26.3 Å². The van der Waals surface area contributed by atoms with Crippen LogP contribution in [0.3, 0.4) is 0 Å². The Morgan fingerprint density at radius 1 is 1.15 bits per heavy atom. The molecule has 76 valence electrons. The minimum atomic E-state index is -4.76. The molecule has 1 rings (SSSR count). The van der Waals surface area contributed by atoms with E-state index in [1.807, 2.05) is 0 Å². The van der Waals surface area contributed by atoms with Crippen molar-refractivity contribution in [2.45, 2.75) is 18.4 Å². The van der Waals surface area contributed by atoms with Crippen LogP contribution in [-0.2, 0) is 0 Å². The van der Waals surface area contributed by atoms with Crippen molar-refractivity contribution in [3.63, 3.8) is 0 Å². The summed E-state index contributed by atoms with van der Waals surface area (Å²) in [5, 5.41) is -1.39. The van der Waals surface area contributed by atoms with E-state index >= 15 is 0 Å². The van der Waals surface area contributed by atoms with Crippen LogP contribution >= 0.6 is 11.8 Å². The van der Waals surface area contributed by atoms with Crippen molar-refractivity contribution in [3.05, 3.63) is 0 Å². The minimum Gasteiger partial charge on any atom is -0.260 e.